The van der Waals surface area contributed by atoms with Crippen LogP contribution in [0.15, 0.2) is 18.2 Å². The number of hydrogen-bond acceptors (Lipinski definition) is 4. The fourth-order valence-corrected chi connectivity index (χ4v) is 3.62. The van der Waals surface area contributed by atoms with Crippen LogP contribution < -0.4 is 15.5 Å². The second-order valence-corrected chi connectivity index (χ2v) is 7.28. The minimum absolute atomic E-state index is 0.322. The van der Waals surface area contributed by atoms with Crippen LogP contribution in [0.5, 0.6) is 0 Å². The zero-order chi connectivity index (χ0) is 20.7. The molecule has 2 aliphatic rings. The van der Waals surface area contributed by atoms with Crippen molar-refractivity contribution >= 4 is 29.2 Å². The van der Waals surface area contributed by atoms with Crippen LogP contribution in [0.2, 0.25) is 0 Å². The summed E-state index contributed by atoms with van der Waals surface area (Å²) < 4.78 is 40.1. The summed E-state index contributed by atoms with van der Waals surface area (Å²) in [5, 5.41) is 4.80. The first-order valence-electron chi connectivity index (χ1n) is 8.86. The van der Waals surface area contributed by atoms with E-state index in [-0.39, 0.29) is 0 Å². The molecule has 2 N–H and O–H groups in total. The summed E-state index contributed by atoms with van der Waals surface area (Å²) in [5.41, 5.74) is -2.08. The van der Waals surface area contributed by atoms with Gasteiger partial charge in [-0.2, -0.15) is 13.2 Å². The molecule has 2 fully saturated rings. The van der Waals surface area contributed by atoms with Crippen LogP contribution in [-0.4, -0.2) is 48.9 Å². The van der Waals surface area contributed by atoms with Crippen molar-refractivity contribution in [1.29, 1.82) is 0 Å². The highest BCUT2D eigenvalue weighted by atomic mass is 19.4. The summed E-state index contributed by atoms with van der Waals surface area (Å²) in [6.07, 6.45) is -2.10. The maximum atomic E-state index is 13.4. The molecule has 1 saturated carbocycles. The zero-order valence-electron chi connectivity index (χ0n) is 15.5. The maximum Gasteiger partial charge on any atom is 0.418 e. The lowest BCUT2D eigenvalue weighted by molar-refractivity contribution is -0.137. The monoisotopic (exact) mass is 398 g/mol. The van der Waals surface area contributed by atoms with Gasteiger partial charge in [0.05, 0.1) is 11.3 Å². The lowest BCUT2D eigenvalue weighted by Gasteiger charge is -2.21. The van der Waals surface area contributed by atoms with Gasteiger partial charge < -0.3 is 15.5 Å². The van der Waals surface area contributed by atoms with E-state index in [9.17, 15) is 27.6 Å². The number of carbonyl (C=O) groups excluding carboxylic acids is 3. The maximum absolute atomic E-state index is 13.4. The number of rotatable bonds is 4. The molecule has 28 heavy (non-hydrogen) atoms. The van der Waals surface area contributed by atoms with Gasteiger partial charge in [-0.05, 0) is 31.0 Å². The predicted molar refractivity (Wildman–Crippen MR) is 95.8 cm³/mol. The number of imide groups is 1. The number of urea groups is 1. The quantitative estimate of drug-likeness (QED) is 0.764. The number of carbonyl (C=O) groups is 3. The Hall–Kier alpha value is -2.78. The van der Waals surface area contributed by atoms with Crippen molar-refractivity contribution in [2.24, 2.45) is 0 Å². The Kier molecular flexibility index (Phi) is 4.99. The smallest absolute Gasteiger partial charge is 0.378 e. The van der Waals surface area contributed by atoms with Crippen LogP contribution in [0.3, 0.4) is 0 Å². The summed E-state index contributed by atoms with van der Waals surface area (Å²) >= 11 is 0. The van der Waals surface area contributed by atoms with Gasteiger partial charge in [0, 0.05) is 19.8 Å². The Morgan fingerprint density at radius 3 is 2.46 bits per heavy atom. The molecular weight excluding hydrogens is 377 g/mol. The molecular formula is C18H21F3N4O3. The van der Waals surface area contributed by atoms with Gasteiger partial charge in [0.25, 0.3) is 5.91 Å². The largest absolute Gasteiger partial charge is 0.418 e. The average molecular weight is 398 g/mol. The van der Waals surface area contributed by atoms with Gasteiger partial charge in [0.15, 0.2) is 0 Å². The lowest BCUT2D eigenvalue weighted by atomic mass is 9.98. The van der Waals surface area contributed by atoms with Crippen LogP contribution in [0.25, 0.3) is 0 Å². The molecule has 152 valence electrons. The Morgan fingerprint density at radius 2 is 1.89 bits per heavy atom. The molecule has 10 heteroatoms. The third-order valence-electron chi connectivity index (χ3n) is 5.10. The molecule has 3 rings (SSSR count). The van der Waals surface area contributed by atoms with Crippen molar-refractivity contribution in [3.63, 3.8) is 0 Å². The first-order valence-corrected chi connectivity index (χ1v) is 8.86. The summed E-state index contributed by atoms with van der Waals surface area (Å²) in [4.78, 5) is 39.2. The number of nitrogens with zero attached hydrogens (tertiary/aromatic N) is 2. The van der Waals surface area contributed by atoms with Crippen molar-refractivity contribution < 1.29 is 27.6 Å². The van der Waals surface area contributed by atoms with Crippen molar-refractivity contribution in [3.8, 4) is 0 Å². The summed E-state index contributed by atoms with van der Waals surface area (Å²) in [6.45, 7) is -0.640. The van der Waals surface area contributed by atoms with Gasteiger partial charge in [-0.15, -0.1) is 0 Å². The first kappa shape index (κ1) is 20.0. The predicted octanol–water partition coefficient (Wildman–Crippen LogP) is 2.57. The SMILES string of the molecule is CN(C)c1ccc(NC(=O)CN2C(=O)NC3(CCCC3)C2=O)c(C(F)(F)F)c1. The average Bonchev–Trinajstić information content (AvgIpc) is 3.15. The molecule has 1 aromatic rings. The summed E-state index contributed by atoms with van der Waals surface area (Å²) in [7, 11) is 3.20. The van der Waals surface area contributed by atoms with E-state index >= 15 is 0 Å². The minimum atomic E-state index is -4.68. The van der Waals surface area contributed by atoms with E-state index in [4.69, 9.17) is 0 Å². The Morgan fingerprint density at radius 1 is 1.25 bits per heavy atom. The molecule has 1 spiro atoms. The van der Waals surface area contributed by atoms with Gasteiger partial charge in [0.1, 0.15) is 12.1 Å². The molecule has 1 heterocycles. The topological polar surface area (TPSA) is 81.8 Å². The number of alkyl halides is 3. The highest BCUT2D eigenvalue weighted by Gasteiger charge is 2.52. The van der Waals surface area contributed by atoms with E-state index in [1.165, 1.54) is 11.0 Å². The van der Waals surface area contributed by atoms with Crippen molar-refractivity contribution in [2.75, 3.05) is 30.9 Å². The number of hydrogen-bond donors (Lipinski definition) is 2. The van der Waals surface area contributed by atoms with Gasteiger partial charge in [-0.3, -0.25) is 14.5 Å². The molecule has 7 nitrogen and oxygen atoms in total. The molecule has 0 unspecified atom stereocenters. The molecule has 1 aliphatic heterocycles. The van der Waals surface area contributed by atoms with Crippen molar-refractivity contribution in [3.05, 3.63) is 23.8 Å². The Labute approximate surface area is 159 Å². The second kappa shape index (κ2) is 6.99. The first-order chi connectivity index (χ1) is 13.0. The fraction of sp³-hybridized carbons (Fsp3) is 0.500. The van der Waals surface area contributed by atoms with Crippen LogP contribution in [0, 0.1) is 0 Å². The van der Waals surface area contributed by atoms with E-state index in [0.717, 1.165) is 29.9 Å². The van der Waals surface area contributed by atoms with Gasteiger partial charge in [-0.25, -0.2) is 4.79 Å². The molecule has 4 amide bonds. The standard InChI is InChI=1S/C18H21F3N4O3/c1-24(2)11-5-6-13(12(9-11)18(19,20)21)22-14(26)10-25-15(27)17(23-16(25)28)7-3-4-8-17/h5-6,9H,3-4,7-8,10H2,1-2H3,(H,22,26)(H,23,28). The molecule has 0 aromatic heterocycles. The van der Waals surface area contributed by atoms with Crippen molar-refractivity contribution in [2.45, 2.75) is 37.4 Å². The van der Waals surface area contributed by atoms with Crippen LogP contribution >= 0.6 is 0 Å². The van der Waals surface area contributed by atoms with E-state index in [1.54, 1.807) is 14.1 Å². The Balaban J connectivity index is 1.76. The third kappa shape index (κ3) is 3.63. The number of nitrogens with one attached hydrogen (secondary N) is 2. The second-order valence-electron chi connectivity index (χ2n) is 7.28. The van der Waals surface area contributed by atoms with Crippen LogP contribution in [-0.2, 0) is 15.8 Å². The molecule has 0 radical (unpaired) electrons. The Bertz CT molecular complexity index is 817. The van der Waals surface area contributed by atoms with Gasteiger partial charge >= 0.3 is 12.2 Å². The number of benzene rings is 1. The number of halogens is 3. The van der Waals surface area contributed by atoms with E-state index in [2.05, 4.69) is 10.6 Å². The third-order valence-corrected chi connectivity index (χ3v) is 5.10. The van der Waals surface area contributed by atoms with Gasteiger partial charge in [0.2, 0.25) is 5.91 Å². The molecule has 0 atom stereocenters. The molecule has 1 aromatic carbocycles. The van der Waals surface area contributed by atoms with E-state index in [0.29, 0.717) is 18.5 Å². The highest BCUT2D eigenvalue weighted by molar-refractivity contribution is 6.10. The van der Waals surface area contributed by atoms with Gasteiger partial charge in [-0.1, -0.05) is 12.8 Å². The van der Waals surface area contributed by atoms with Crippen LogP contribution in [0.4, 0.5) is 29.3 Å². The lowest BCUT2D eigenvalue weighted by Crippen LogP contribution is -2.44. The number of amides is 4. The summed E-state index contributed by atoms with van der Waals surface area (Å²) in [6, 6.07) is 2.82. The summed E-state index contributed by atoms with van der Waals surface area (Å²) in [5.74, 6) is -1.37. The van der Waals surface area contributed by atoms with E-state index in [1.807, 2.05) is 0 Å². The molecule has 0 bridgehead atoms. The highest BCUT2D eigenvalue weighted by Crippen LogP contribution is 2.37. The zero-order valence-corrected chi connectivity index (χ0v) is 15.5. The normalized spacial score (nSPS) is 18.5. The van der Waals surface area contributed by atoms with Crippen LogP contribution in [0.1, 0.15) is 31.2 Å². The molecule has 1 saturated heterocycles. The minimum Gasteiger partial charge on any atom is -0.378 e. The van der Waals surface area contributed by atoms with Crippen molar-refractivity contribution in [1.82, 2.24) is 10.2 Å². The number of anilines is 2. The van der Waals surface area contributed by atoms with E-state index < -0.39 is 47.4 Å². The fourth-order valence-electron chi connectivity index (χ4n) is 3.62. The molecule has 1 aliphatic carbocycles.